The average molecular weight is 284 g/mol. The summed E-state index contributed by atoms with van der Waals surface area (Å²) < 4.78 is 13.9. The molecule has 1 aromatic carbocycles. The van der Waals surface area contributed by atoms with Gasteiger partial charge in [0.05, 0.1) is 0 Å². The van der Waals surface area contributed by atoms with E-state index in [1.807, 2.05) is 6.92 Å². The molecule has 19 heavy (non-hydrogen) atoms. The second kappa shape index (κ2) is 5.70. The molecule has 102 valence electrons. The number of amides is 2. The van der Waals surface area contributed by atoms with Gasteiger partial charge < -0.3 is 0 Å². The Morgan fingerprint density at radius 3 is 2.84 bits per heavy atom. The molecule has 3 nitrogen and oxygen atoms in total. The zero-order chi connectivity index (χ0) is 14.0. The van der Waals surface area contributed by atoms with Gasteiger partial charge in [-0.25, -0.2) is 4.39 Å². The van der Waals surface area contributed by atoms with Gasteiger partial charge in [0.1, 0.15) is 5.82 Å². The van der Waals surface area contributed by atoms with Crippen LogP contribution in [0.5, 0.6) is 0 Å². The van der Waals surface area contributed by atoms with Gasteiger partial charge in [-0.15, -0.1) is 0 Å². The molecule has 0 radical (unpaired) electrons. The van der Waals surface area contributed by atoms with Crippen LogP contribution in [0.25, 0.3) is 0 Å². The second-order valence-corrected chi connectivity index (χ2v) is 5.22. The molecular weight excluding hydrogens is 269 g/mol. The van der Waals surface area contributed by atoms with Crippen molar-refractivity contribution in [3.05, 3.63) is 34.6 Å². The van der Waals surface area contributed by atoms with Gasteiger partial charge in [-0.3, -0.25) is 14.9 Å². The van der Waals surface area contributed by atoms with Crippen molar-refractivity contribution in [2.75, 3.05) is 0 Å². The molecule has 1 saturated heterocycles. The fourth-order valence-corrected chi connectivity index (χ4v) is 2.76. The summed E-state index contributed by atoms with van der Waals surface area (Å²) in [7, 11) is 0. The summed E-state index contributed by atoms with van der Waals surface area (Å²) in [5.74, 6) is -1.90. The van der Waals surface area contributed by atoms with Crippen LogP contribution in [0.4, 0.5) is 4.39 Å². The highest BCUT2D eigenvalue weighted by Crippen LogP contribution is 2.36. The number of imide groups is 1. The van der Waals surface area contributed by atoms with E-state index in [0.29, 0.717) is 17.0 Å². The van der Waals surface area contributed by atoms with E-state index in [9.17, 15) is 14.0 Å². The number of rotatable bonds is 3. The first kappa shape index (κ1) is 14.0. The Bertz CT molecular complexity index is 518. The van der Waals surface area contributed by atoms with Gasteiger partial charge in [0.2, 0.25) is 11.8 Å². The lowest BCUT2D eigenvalue weighted by atomic mass is 9.78. The van der Waals surface area contributed by atoms with Gasteiger partial charge in [0.15, 0.2) is 0 Å². The van der Waals surface area contributed by atoms with E-state index in [1.54, 1.807) is 0 Å². The fraction of sp³-hybridized carbons (Fsp3) is 0.429. The van der Waals surface area contributed by atoms with E-state index in [-0.39, 0.29) is 24.2 Å². The zero-order valence-corrected chi connectivity index (χ0v) is 11.3. The predicted octanol–water partition coefficient (Wildman–Crippen LogP) is 3.03. The molecule has 2 amide bonds. The Morgan fingerprint density at radius 2 is 2.16 bits per heavy atom. The van der Waals surface area contributed by atoms with E-state index < -0.39 is 11.7 Å². The van der Waals surface area contributed by atoms with Crippen LogP contribution in [-0.4, -0.2) is 11.8 Å². The summed E-state index contributed by atoms with van der Waals surface area (Å²) in [6.07, 6.45) is 1.54. The normalized spacial score (nSPS) is 23.3. The lowest BCUT2D eigenvalue weighted by Crippen LogP contribution is -2.45. The quantitative estimate of drug-likeness (QED) is 0.867. The van der Waals surface area contributed by atoms with Crippen LogP contribution in [0, 0.1) is 11.7 Å². The Kier molecular flexibility index (Phi) is 4.20. The summed E-state index contributed by atoms with van der Waals surface area (Å²) in [6.45, 7) is 1.95. The number of hydrogen-bond acceptors (Lipinski definition) is 2. The van der Waals surface area contributed by atoms with Crippen molar-refractivity contribution in [1.29, 1.82) is 0 Å². The molecular formula is C14H15ClFNO2. The maximum atomic E-state index is 13.9. The number of carbonyl (C=O) groups is 2. The van der Waals surface area contributed by atoms with E-state index in [4.69, 9.17) is 11.6 Å². The first-order valence-corrected chi connectivity index (χ1v) is 6.69. The van der Waals surface area contributed by atoms with Crippen LogP contribution in [0.2, 0.25) is 5.02 Å². The number of hydrogen-bond donors (Lipinski definition) is 1. The highest BCUT2D eigenvalue weighted by Gasteiger charge is 2.37. The van der Waals surface area contributed by atoms with Crippen LogP contribution < -0.4 is 5.32 Å². The Morgan fingerprint density at radius 1 is 1.42 bits per heavy atom. The Balaban J connectivity index is 2.40. The van der Waals surface area contributed by atoms with E-state index in [1.165, 1.54) is 18.2 Å². The smallest absolute Gasteiger partial charge is 0.230 e. The van der Waals surface area contributed by atoms with Crippen molar-refractivity contribution in [3.8, 4) is 0 Å². The highest BCUT2D eigenvalue weighted by molar-refractivity contribution is 6.30. The van der Waals surface area contributed by atoms with Gasteiger partial charge in [0.25, 0.3) is 0 Å². The summed E-state index contributed by atoms with van der Waals surface area (Å²) in [5.41, 5.74) is 0.356. The van der Waals surface area contributed by atoms with Crippen LogP contribution >= 0.6 is 11.6 Å². The van der Waals surface area contributed by atoms with Gasteiger partial charge in [-0.2, -0.15) is 0 Å². The average Bonchev–Trinajstić information content (AvgIpc) is 2.35. The summed E-state index contributed by atoms with van der Waals surface area (Å²) in [5, 5.41) is 2.72. The molecule has 0 saturated carbocycles. The number of carbonyl (C=O) groups excluding carboxylic acids is 2. The third-order valence-corrected chi connectivity index (χ3v) is 3.68. The molecule has 0 aliphatic carbocycles. The first-order valence-electron chi connectivity index (χ1n) is 6.31. The zero-order valence-electron chi connectivity index (χ0n) is 10.6. The molecule has 5 heteroatoms. The molecule has 1 fully saturated rings. The minimum absolute atomic E-state index is 0.119. The van der Waals surface area contributed by atoms with Crippen molar-refractivity contribution in [3.63, 3.8) is 0 Å². The maximum absolute atomic E-state index is 13.9. The lowest BCUT2D eigenvalue weighted by molar-refractivity contribution is -0.137. The van der Waals surface area contributed by atoms with E-state index in [2.05, 4.69) is 5.32 Å². The number of benzene rings is 1. The van der Waals surface area contributed by atoms with Crippen LogP contribution in [-0.2, 0) is 9.59 Å². The maximum Gasteiger partial charge on any atom is 0.230 e. The van der Waals surface area contributed by atoms with Crippen molar-refractivity contribution < 1.29 is 14.0 Å². The van der Waals surface area contributed by atoms with Gasteiger partial charge >= 0.3 is 0 Å². The van der Waals surface area contributed by atoms with Gasteiger partial charge in [-0.05, 0) is 30.2 Å². The number of halogens is 2. The summed E-state index contributed by atoms with van der Waals surface area (Å²) in [6, 6.07) is 4.24. The van der Waals surface area contributed by atoms with Gasteiger partial charge in [-0.1, -0.05) is 24.9 Å². The van der Waals surface area contributed by atoms with Crippen LogP contribution in [0.1, 0.15) is 37.7 Å². The topological polar surface area (TPSA) is 46.2 Å². The predicted molar refractivity (Wildman–Crippen MR) is 70.3 cm³/mol. The lowest BCUT2D eigenvalue weighted by Gasteiger charge is -2.30. The standard InChI is InChI=1S/C14H15ClFNO2/c1-2-3-9-10(7-13(18)17-14(9)19)11-6-8(15)4-5-12(11)16/h4-6,9-10H,2-3,7H2,1H3,(H,17,18,19). The molecule has 0 spiro atoms. The molecule has 0 bridgehead atoms. The van der Waals surface area contributed by atoms with E-state index in [0.717, 1.165) is 6.42 Å². The fourth-order valence-electron chi connectivity index (χ4n) is 2.57. The summed E-state index contributed by atoms with van der Waals surface area (Å²) in [4.78, 5) is 23.4. The van der Waals surface area contributed by atoms with Crippen LogP contribution in [0.15, 0.2) is 18.2 Å². The summed E-state index contributed by atoms with van der Waals surface area (Å²) >= 11 is 5.88. The molecule has 0 aromatic heterocycles. The molecule has 2 atom stereocenters. The SMILES string of the molecule is CCCC1C(=O)NC(=O)CC1c1cc(Cl)ccc1F. The minimum atomic E-state index is -0.431. The number of nitrogens with one attached hydrogen (secondary N) is 1. The second-order valence-electron chi connectivity index (χ2n) is 4.78. The largest absolute Gasteiger partial charge is 0.296 e. The monoisotopic (exact) mass is 283 g/mol. The molecule has 1 N–H and O–H groups in total. The molecule has 2 unspecified atom stereocenters. The Labute approximate surface area is 116 Å². The molecule has 1 aliphatic heterocycles. The number of piperidine rings is 1. The van der Waals surface area contributed by atoms with Crippen LogP contribution in [0.3, 0.4) is 0 Å². The third-order valence-electron chi connectivity index (χ3n) is 3.45. The van der Waals surface area contributed by atoms with E-state index >= 15 is 0 Å². The molecule has 1 aromatic rings. The van der Waals surface area contributed by atoms with Crippen molar-refractivity contribution in [2.45, 2.75) is 32.1 Å². The Hall–Kier alpha value is -1.42. The third kappa shape index (κ3) is 2.95. The minimum Gasteiger partial charge on any atom is -0.296 e. The molecule has 1 heterocycles. The van der Waals surface area contributed by atoms with Crippen molar-refractivity contribution in [1.82, 2.24) is 5.32 Å². The first-order chi connectivity index (χ1) is 9.02. The molecule has 2 rings (SSSR count). The highest BCUT2D eigenvalue weighted by atomic mass is 35.5. The van der Waals surface area contributed by atoms with Crippen molar-refractivity contribution >= 4 is 23.4 Å². The van der Waals surface area contributed by atoms with Crippen molar-refractivity contribution in [2.24, 2.45) is 5.92 Å². The molecule has 1 aliphatic rings. The van der Waals surface area contributed by atoms with Gasteiger partial charge in [0, 0.05) is 23.3 Å².